The Labute approximate surface area is 263 Å². The van der Waals surface area contributed by atoms with Gasteiger partial charge in [-0.05, 0) is 37.8 Å². The molecule has 1 aliphatic heterocycles. The molecule has 0 radical (unpaired) electrons. The van der Waals surface area contributed by atoms with Gasteiger partial charge in [-0.1, -0.05) is 75.4 Å². The van der Waals surface area contributed by atoms with Crippen LogP contribution in [0.1, 0.15) is 103 Å². The molecule has 0 N–H and O–H groups in total. The second kappa shape index (κ2) is 20.0. The van der Waals surface area contributed by atoms with Crippen LogP contribution in [0, 0.1) is 0 Å². The Morgan fingerprint density at radius 3 is 1.93 bits per heavy atom. The van der Waals surface area contributed by atoms with Gasteiger partial charge in [-0.25, -0.2) is 0 Å². The molecule has 0 amide bonds. The molecule has 0 spiro atoms. The van der Waals surface area contributed by atoms with Crippen LogP contribution in [-0.2, 0) is 39.4 Å². The maximum atomic E-state index is 14.4. The monoisotopic (exact) mass is 682 g/mol. The second-order valence-corrected chi connectivity index (χ2v) is 11.8. The van der Waals surface area contributed by atoms with Crippen molar-refractivity contribution in [3.05, 3.63) is 33.8 Å². The van der Waals surface area contributed by atoms with Crippen molar-refractivity contribution >= 4 is 21.9 Å². The Bertz CT molecular complexity index is 933. The summed E-state index contributed by atoms with van der Waals surface area (Å²) in [5, 5.41) is 0. The number of ether oxygens (including phenoxy) is 6. The smallest absolute Gasteiger partial charge is 0.416 e. The van der Waals surface area contributed by atoms with Gasteiger partial charge >= 0.3 is 12.1 Å². The molecular formula is C32H50BrF3O7. The van der Waals surface area contributed by atoms with Crippen LogP contribution in [0.15, 0.2) is 22.7 Å². The summed E-state index contributed by atoms with van der Waals surface area (Å²) in [6.45, 7) is 11.2. The summed E-state index contributed by atoms with van der Waals surface area (Å²) in [5.41, 5.74) is -1.15. The molecular weight excluding hydrogens is 633 g/mol. The Balaban J connectivity index is 2.68. The highest BCUT2D eigenvalue weighted by Gasteiger charge is 2.53. The van der Waals surface area contributed by atoms with E-state index < -0.39 is 54.3 Å². The summed E-state index contributed by atoms with van der Waals surface area (Å²) in [5.74, 6) is -0.738. The van der Waals surface area contributed by atoms with Crippen LogP contribution in [-0.4, -0.2) is 69.5 Å². The third-order valence-corrected chi connectivity index (χ3v) is 7.73. The molecule has 0 aromatic heterocycles. The third kappa shape index (κ3) is 12.2. The van der Waals surface area contributed by atoms with Crippen molar-refractivity contribution in [3.63, 3.8) is 0 Å². The number of carbonyl (C=O) groups excluding carboxylic acids is 1. The van der Waals surface area contributed by atoms with E-state index in [0.717, 1.165) is 57.4 Å². The molecule has 7 nitrogen and oxygen atoms in total. The maximum Gasteiger partial charge on any atom is 0.416 e. The van der Waals surface area contributed by atoms with Gasteiger partial charge in [0, 0.05) is 43.4 Å². The van der Waals surface area contributed by atoms with Gasteiger partial charge in [0.1, 0.15) is 30.5 Å². The fourth-order valence-corrected chi connectivity index (χ4v) is 5.31. The molecule has 248 valence electrons. The van der Waals surface area contributed by atoms with Gasteiger partial charge in [0.05, 0.1) is 12.2 Å². The van der Waals surface area contributed by atoms with Crippen LogP contribution < -0.4 is 0 Å². The number of unbranched alkanes of at least 4 members (excludes halogenated alkanes) is 4. The lowest BCUT2D eigenvalue weighted by Gasteiger charge is -2.48. The Hall–Kier alpha value is -1.24. The molecule has 1 saturated heterocycles. The molecule has 1 heterocycles. The lowest BCUT2D eigenvalue weighted by atomic mass is 9.87. The van der Waals surface area contributed by atoms with E-state index in [1.54, 1.807) is 0 Å². The molecule has 1 aromatic rings. The van der Waals surface area contributed by atoms with Crippen molar-refractivity contribution < 1.29 is 46.4 Å². The number of alkyl halides is 3. The average Bonchev–Trinajstić information content (AvgIpc) is 2.95. The summed E-state index contributed by atoms with van der Waals surface area (Å²) in [6.07, 6.45) is -3.36. The van der Waals surface area contributed by atoms with Crippen molar-refractivity contribution in [3.8, 4) is 0 Å². The highest BCUT2D eigenvalue weighted by atomic mass is 79.9. The van der Waals surface area contributed by atoms with Crippen LogP contribution in [0.25, 0.3) is 0 Å². The minimum atomic E-state index is -4.71. The van der Waals surface area contributed by atoms with Crippen LogP contribution in [0.2, 0.25) is 0 Å². The van der Waals surface area contributed by atoms with E-state index in [4.69, 9.17) is 28.4 Å². The van der Waals surface area contributed by atoms with Gasteiger partial charge in [0.15, 0.2) is 6.10 Å². The zero-order valence-electron chi connectivity index (χ0n) is 26.3. The zero-order chi connectivity index (χ0) is 31.8. The molecule has 43 heavy (non-hydrogen) atoms. The van der Waals surface area contributed by atoms with Crippen LogP contribution in [0.4, 0.5) is 13.2 Å². The number of esters is 1. The van der Waals surface area contributed by atoms with Gasteiger partial charge in [0.25, 0.3) is 0 Å². The standard InChI is InChI=1S/C32H50BrF3O7/c1-6-10-16-38-21-26-28(39-17-11-7-2)29(40-18-12-8-3)30(41-19-13-9-4)31(43-26)27(42-22(5)37)24-15-14-23(33)20-25(24)32(34,35)36/h14-15,20,26-31H,6-13,16-19,21H2,1-5H3/t26?,27-,28-,29+,30?,31-/m1/s1. The molecule has 1 aromatic carbocycles. The molecule has 0 saturated carbocycles. The lowest BCUT2D eigenvalue weighted by molar-refractivity contribution is -0.283. The van der Waals surface area contributed by atoms with Crippen LogP contribution >= 0.6 is 15.9 Å². The predicted molar refractivity (Wildman–Crippen MR) is 162 cm³/mol. The first-order valence-corrected chi connectivity index (χ1v) is 16.5. The van der Waals surface area contributed by atoms with E-state index in [1.807, 2.05) is 13.8 Å². The SMILES string of the molecule is CCCCOCC1O[C@H]([C@H](OC(C)=O)c2ccc(Br)cc2C(F)(F)F)C(OCCCC)[C@@H](OCCCC)[C@@H]1OCCCC. The Morgan fingerprint density at radius 1 is 0.860 bits per heavy atom. The summed E-state index contributed by atoms with van der Waals surface area (Å²) < 4.78 is 80.8. The van der Waals surface area contributed by atoms with Gasteiger partial charge in [-0.15, -0.1) is 0 Å². The minimum Gasteiger partial charge on any atom is -0.455 e. The molecule has 6 atom stereocenters. The van der Waals surface area contributed by atoms with Gasteiger partial charge in [0.2, 0.25) is 0 Å². The average molecular weight is 684 g/mol. The largest absolute Gasteiger partial charge is 0.455 e. The highest BCUT2D eigenvalue weighted by molar-refractivity contribution is 9.10. The Morgan fingerprint density at radius 2 is 1.40 bits per heavy atom. The van der Waals surface area contributed by atoms with E-state index >= 15 is 0 Å². The number of carbonyl (C=O) groups is 1. The van der Waals surface area contributed by atoms with Gasteiger partial charge < -0.3 is 28.4 Å². The number of benzene rings is 1. The molecule has 2 rings (SSSR count). The number of rotatable bonds is 20. The first-order chi connectivity index (χ1) is 20.6. The van der Waals surface area contributed by atoms with Crippen molar-refractivity contribution in [1.29, 1.82) is 0 Å². The normalized spacial score (nSPS) is 23.3. The number of hydrogen-bond acceptors (Lipinski definition) is 7. The molecule has 2 unspecified atom stereocenters. The predicted octanol–water partition coefficient (Wildman–Crippen LogP) is 8.21. The second-order valence-electron chi connectivity index (χ2n) is 10.9. The molecule has 0 aliphatic carbocycles. The lowest BCUT2D eigenvalue weighted by Crippen LogP contribution is -2.63. The van der Waals surface area contributed by atoms with E-state index in [1.165, 1.54) is 19.1 Å². The summed E-state index contributed by atoms with van der Waals surface area (Å²) in [4.78, 5) is 12.4. The topological polar surface area (TPSA) is 72.5 Å². The molecule has 1 fully saturated rings. The van der Waals surface area contributed by atoms with Gasteiger partial charge in [-0.3, -0.25) is 4.79 Å². The number of hydrogen-bond donors (Lipinski definition) is 0. The minimum absolute atomic E-state index is 0.141. The maximum absolute atomic E-state index is 14.4. The highest BCUT2D eigenvalue weighted by Crippen LogP contribution is 2.43. The summed E-state index contributed by atoms with van der Waals surface area (Å²) >= 11 is 3.16. The first-order valence-electron chi connectivity index (χ1n) is 15.7. The number of halogens is 4. The van der Waals surface area contributed by atoms with E-state index in [0.29, 0.717) is 26.4 Å². The van der Waals surface area contributed by atoms with Crippen molar-refractivity contribution in [1.82, 2.24) is 0 Å². The first kappa shape index (κ1) is 37.9. The Kier molecular flexibility index (Phi) is 17.6. The summed E-state index contributed by atoms with van der Waals surface area (Å²) in [7, 11) is 0. The quantitative estimate of drug-likeness (QED) is 0.101. The fraction of sp³-hybridized carbons (Fsp3) is 0.781. The van der Waals surface area contributed by atoms with Crippen molar-refractivity contribution in [2.24, 2.45) is 0 Å². The third-order valence-electron chi connectivity index (χ3n) is 7.24. The van der Waals surface area contributed by atoms with Crippen LogP contribution in [0.5, 0.6) is 0 Å². The summed E-state index contributed by atoms with van der Waals surface area (Å²) in [6, 6.07) is 3.80. The molecule has 11 heteroatoms. The van der Waals surface area contributed by atoms with E-state index in [-0.39, 0.29) is 16.6 Å². The van der Waals surface area contributed by atoms with Gasteiger partial charge in [-0.2, -0.15) is 13.2 Å². The van der Waals surface area contributed by atoms with Crippen molar-refractivity contribution in [2.75, 3.05) is 33.0 Å². The van der Waals surface area contributed by atoms with E-state index in [2.05, 4.69) is 29.8 Å². The van der Waals surface area contributed by atoms with Crippen molar-refractivity contribution in [2.45, 2.75) is 129 Å². The zero-order valence-corrected chi connectivity index (χ0v) is 27.8. The fourth-order valence-electron chi connectivity index (χ4n) is 4.95. The van der Waals surface area contributed by atoms with E-state index in [9.17, 15) is 18.0 Å². The van der Waals surface area contributed by atoms with Crippen LogP contribution in [0.3, 0.4) is 0 Å². The molecule has 0 bridgehead atoms. The molecule has 1 aliphatic rings.